The molecule has 2 aliphatic rings. The summed E-state index contributed by atoms with van der Waals surface area (Å²) < 4.78 is 1.86. The van der Waals surface area contributed by atoms with Crippen LogP contribution in [0.1, 0.15) is 10.4 Å². The van der Waals surface area contributed by atoms with Crippen LogP contribution in [0.3, 0.4) is 0 Å². The predicted molar refractivity (Wildman–Crippen MR) is 116 cm³/mol. The smallest absolute Gasteiger partial charge is 0.253 e. The van der Waals surface area contributed by atoms with Gasteiger partial charge in [0.1, 0.15) is 11.4 Å². The molecule has 4 rings (SSSR count). The average molecular weight is 462 g/mol. The molecule has 7 nitrogen and oxygen atoms in total. The third kappa shape index (κ3) is 3.99. The molecule has 0 aliphatic carbocycles. The summed E-state index contributed by atoms with van der Waals surface area (Å²) >= 11 is 4.55. The van der Waals surface area contributed by atoms with Gasteiger partial charge in [0.25, 0.3) is 5.91 Å². The van der Waals surface area contributed by atoms with Gasteiger partial charge >= 0.3 is 0 Å². The Labute approximate surface area is 186 Å². The number of thioether (sulfide) groups is 2. The van der Waals surface area contributed by atoms with Crippen molar-refractivity contribution >= 4 is 57.6 Å². The molecule has 156 valence electrons. The van der Waals surface area contributed by atoms with Gasteiger partial charge in [-0.2, -0.15) is 11.8 Å². The Morgan fingerprint density at radius 1 is 1.33 bits per heavy atom. The van der Waals surface area contributed by atoms with Gasteiger partial charge in [-0.05, 0) is 23.8 Å². The Morgan fingerprint density at radius 3 is 2.73 bits per heavy atom. The van der Waals surface area contributed by atoms with E-state index in [9.17, 15) is 19.5 Å². The van der Waals surface area contributed by atoms with E-state index in [-0.39, 0.29) is 22.8 Å². The first-order valence-corrected chi connectivity index (χ1v) is 12.5. The summed E-state index contributed by atoms with van der Waals surface area (Å²) in [6.07, 6.45) is 7.11. The largest absolute Gasteiger partial charge is 0.545 e. The summed E-state index contributed by atoms with van der Waals surface area (Å²) in [6, 6.07) is 6.27. The van der Waals surface area contributed by atoms with E-state index in [1.807, 2.05) is 34.5 Å². The number of anilines is 1. The fourth-order valence-corrected chi connectivity index (χ4v) is 5.94. The Hall–Kier alpha value is -2.30. The van der Waals surface area contributed by atoms with Crippen molar-refractivity contribution in [2.24, 2.45) is 0 Å². The van der Waals surface area contributed by atoms with Gasteiger partial charge < -0.3 is 14.8 Å². The SMILES string of the molecule is CSCC(=O)N(c1cccs1)C1C(=O)N2C=C(C[n+]3ccc(C(=O)[O-])cc3)CS[C@H]12. The predicted octanol–water partition coefficient (Wildman–Crippen LogP) is 0.963. The van der Waals surface area contributed by atoms with Crippen molar-refractivity contribution in [3.63, 3.8) is 0 Å². The molecule has 0 spiro atoms. The molecule has 0 bridgehead atoms. The Bertz CT molecular complexity index is 991. The molecule has 0 aromatic carbocycles. The zero-order valence-electron chi connectivity index (χ0n) is 16.1. The molecular weight excluding hydrogens is 442 g/mol. The lowest BCUT2D eigenvalue weighted by Gasteiger charge is -2.50. The second kappa shape index (κ2) is 8.83. The maximum atomic E-state index is 13.0. The van der Waals surface area contributed by atoms with E-state index in [2.05, 4.69) is 0 Å². The second-order valence-corrected chi connectivity index (χ2v) is 9.77. The van der Waals surface area contributed by atoms with Gasteiger partial charge in [-0.3, -0.25) is 14.5 Å². The highest BCUT2D eigenvalue weighted by Crippen LogP contribution is 2.41. The normalized spacial score (nSPS) is 20.2. The van der Waals surface area contributed by atoms with Gasteiger partial charge in [0, 0.05) is 35.2 Å². The highest BCUT2D eigenvalue weighted by atomic mass is 32.2. The minimum atomic E-state index is -1.21. The maximum absolute atomic E-state index is 13.0. The standard InChI is InChI=1S/C20H19N3O4S3/c1-28-12-15(24)23(16-3-2-8-29-16)17-18(25)22-10-13(11-30-19(17)22)9-21-6-4-14(5-7-21)20(26)27/h2-8,10,17,19H,9,11-12H2,1H3/t17?,19-/m1/s1. The number of fused-ring (bicyclic) bond motifs is 1. The summed E-state index contributed by atoms with van der Waals surface area (Å²) in [5, 5.41) is 13.5. The first kappa shape index (κ1) is 21.0. The van der Waals surface area contributed by atoms with Crippen LogP contribution >= 0.6 is 34.9 Å². The van der Waals surface area contributed by atoms with E-state index < -0.39 is 12.0 Å². The van der Waals surface area contributed by atoms with Gasteiger partial charge in [0.05, 0.1) is 16.7 Å². The van der Waals surface area contributed by atoms with Crippen LogP contribution in [-0.4, -0.2) is 51.9 Å². The molecule has 4 heterocycles. The number of hydrogen-bond acceptors (Lipinski definition) is 7. The van der Waals surface area contributed by atoms with E-state index >= 15 is 0 Å². The number of rotatable bonds is 7. The van der Waals surface area contributed by atoms with Crippen molar-refractivity contribution in [3.8, 4) is 0 Å². The lowest BCUT2D eigenvalue weighted by molar-refractivity contribution is -0.689. The van der Waals surface area contributed by atoms with Gasteiger partial charge in [-0.25, -0.2) is 4.57 Å². The fourth-order valence-electron chi connectivity index (χ4n) is 3.48. The van der Waals surface area contributed by atoms with Gasteiger partial charge in [-0.1, -0.05) is 0 Å². The number of carbonyl (C=O) groups excluding carboxylic acids is 3. The number of nitrogens with zero attached hydrogens (tertiary/aromatic N) is 3. The molecule has 2 amide bonds. The second-order valence-electron chi connectivity index (χ2n) is 6.87. The first-order valence-electron chi connectivity index (χ1n) is 9.18. The Kier molecular flexibility index (Phi) is 6.16. The van der Waals surface area contributed by atoms with Gasteiger partial charge in [0.15, 0.2) is 18.9 Å². The zero-order chi connectivity index (χ0) is 21.3. The number of carboxylic acid groups (broad SMARTS) is 1. The molecule has 1 fully saturated rings. The Balaban J connectivity index is 1.49. The summed E-state index contributed by atoms with van der Waals surface area (Å²) in [6.45, 7) is 0.557. The number of pyridine rings is 1. The number of β-lactam (4-membered cyclic amide) rings is 1. The van der Waals surface area contributed by atoms with E-state index in [4.69, 9.17) is 0 Å². The highest BCUT2D eigenvalue weighted by molar-refractivity contribution is 8.00. The van der Waals surface area contributed by atoms with Crippen LogP contribution in [0.15, 0.2) is 53.8 Å². The molecule has 2 aromatic rings. The summed E-state index contributed by atoms with van der Waals surface area (Å²) in [4.78, 5) is 39.9. The van der Waals surface area contributed by atoms with E-state index in [1.165, 1.54) is 35.2 Å². The lowest BCUT2D eigenvalue weighted by atomic mass is 10.0. The number of thiophene rings is 1. The van der Waals surface area contributed by atoms with E-state index in [0.717, 1.165) is 16.3 Å². The number of carboxylic acids is 1. The van der Waals surface area contributed by atoms with Crippen molar-refractivity contribution in [2.45, 2.75) is 18.0 Å². The number of amides is 2. The van der Waals surface area contributed by atoms with Crippen LogP contribution in [0.4, 0.5) is 5.00 Å². The number of hydrogen-bond donors (Lipinski definition) is 0. The molecule has 2 atom stereocenters. The third-order valence-corrected chi connectivity index (χ3v) is 7.65. The van der Waals surface area contributed by atoms with Crippen LogP contribution in [0.25, 0.3) is 0 Å². The van der Waals surface area contributed by atoms with Crippen molar-refractivity contribution in [2.75, 3.05) is 22.7 Å². The summed E-state index contributed by atoms with van der Waals surface area (Å²) in [7, 11) is 0. The highest BCUT2D eigenvalue weighted by Gasteiger charge is 2.53. The van der Waals surface area contributed by atoms with E-state index in [0.29, 0.717) is 12.3 Å². The quantitative estimate of drug-likeness (QED) is 0.451. The third-order valence-electron chi connectivity index (χ3n) is 4.88. The van der Waals surface area contributed by atoms with Crippen LogP contribution < -0.4 is 14.6 Å². The Morgan fingerprint density at radius 2 is 2.10 bits per heavy atom. The molecule has 0 radical (unpaired) electrons. The molecule has 30 heavy (non-hydrogen) atoms. The molecule has 0 N–H and O–H groups in total. The maximum Gasteiger partial charge on any atom is 0.253 e. The monoisotopic (exact) mass is 461 g/mol. The van der Waals surface area contributed by atoms with Crippen molar-refractivity contribution in [3.05, 3.63) is 59.4 Å². The van der Waals surface area contributed by atoms with Gasteiger partial charge in [0.2, 0.25) is 5.91 Å². The molecular formula is C20H19N3O4S3. The molecule has 1 unspecified atom stereocenters. The first-order chi connectivity index (χ1) is 14.5. The fraction of sp³-hybridized carbons (Fsp3) is 0.300. The van der Waals surface area contributed by atoms with Crippen molar-refractivity contribution in [1.82, 2.24) is 4.90 Å². The molecule has 2 aliphatic heterocycles. The van der Waals surface area contributed by atoms with Crippen LogP contribution in [0, 0.1) is 0 Å². The number of aromatic carboxylic acids is 1. The van der Waals surface area contributed by atoms with E-state index in [1.54, 1.807) is 34.0 Å². The van der Waals surface area contributed by atoms with Crippen molar-refractivity contribution in [1.29, 1.82) is 0 Å². The minimum Gasteiger partial charge on any atom is -0.545 e. The summed E-state index contributed by atoms with van der Waals surface area (Å²) in [5.74, 6) is -0.277. The van der Waals surface area contributed by atoms with Crippen molar-refractivity contribution < 1.29 is 24.1 Å². The number of carbonyl (C=O) groups is 3. The zero-order valence-corrected chi connectivity index (χ0v) is 18.5. The molecule has 10 heteroatoms. The average Bonchev–Trinajstić information content (AvgIpc) is 3.26. The topological polar surface area (TPSA) is 84.6 Å². The van der Waals surface area contributed by atoms with Gasteiger partial charge in [-0.15, -0.1) is 23.1 Å². The lowest BCUT2D eigenvalue weighted by Crippen LogP contribution is -2.70. The summed E-state index contributed by atoms with van der Waals surface area (Å²) in [5.41, 5.74) is 1.18. The molecule has 1 saturated heterocycles. The van der Waals surface area contributed by atoms with Crippen LogP contribution in [0.5, 0.6) is 0 Å². The molecule has 0 saturated carbocycles. The minimum absolute atomic E-state index is 0.0538. The van der Waals surface area contributed by atoms with Crippen LogP contribution in [-0.2, 0) is 16.1 Å². The number of aromatic nitrogens is 1. The van der Waals surface area contributed by atoms with Crippen LogP contribution in [0.2, 0.25) is 0 Å². The molecule has 2 aromatic heterocycles.